The van der Waals surface area contributed by atoms with Crippen molar-refractivity contribution in [3.05, 3.63) is 25.9 Å². The van der Waals surface area contributed by atoms with E-state index in [1.54, 1.807) is 6.20 Å². The quantitative estimate of drug-likeness (QED) is 0.471. The van der Waals surface area contributed by atoms with Crippen molar-refractivity contribution in [3.8, 4) is 0 Å². The summed E-state index contributed by atoms with van der Waals surface area (Å²) in [6.07, 6.45) is 6.19. The summed E-state index contributed by atoms with van der Waals surface area (Å²) in [5, 5.41) is 0.930. The molecule has 0 aromatic carbocycles. The van der Waals surface area contributed by atoms with Crippen LogP contribution in [0, 0.1) is 15.9 Å². The van der Waals surface area contributed by atoms with Crippen LogP contribution in [0.1, 0.15) is 45.4 Å². The van der Waals surface area contributed by atoms with Gasteiger partial charge in [0.1, 0.15) is 5.82 Å². The Balaban J connectivity index is 3.16. The van der Waals surface area contributed by atoms with E-state index >= 15 is 0 Å². The van der Waals surface area contributed by atoms with Crippen LogP contribution in [0.3, 0.4) is 0 Å². The molecule has 1 aromatic rings. The lowest BCUT2D eigenvalue weighted by Gasteiger charge is -2.32. The molecule has 0 amide bonds. The van der Waals surface area contributed by atoms with Crippen molar-refractivity contribution in [3.63, 3.8) is 0 Å². The fraction of sp³-hybridized carbons (Fsp3) is 0.714. The Morgan fingerprint density at radius 1 is 1.37 bits per heavy atom. The predicted octanol–water partition coefficient (Wildman–Crippen LogP) is 4.14. The number of aromatic nitrogens is 2. The highest BCUT2D eigenvalue weighted by Gasteiger charge is 2.29. The molecule has 5 heteroatoms. The lowest BCUT2D eigenvalue weighted by molar-refractivity contribution is 0.227. The summed E-state index contributed by atoms with van der Waals surface area (Å²) in [7, 11) is 0. The minimum Gasteiger partial charge on any atom is -0.295 e. The molecule has 0 aliphatic carbocycles. The first kappa shape index (κ1) is 17.1. The van der Waals surface area contributed by atoms with E-state index in [-0.39, 0.29) is 11.0 Å². The first-order valence-electron chi connectivity index (χ1n) is 6.77. The molecule has 0 radical (unpaired) electrons. The first-order valence-corrected chi connectivity index (χ1v) is 8.97. The molecular weight excluding hydrogens is 419 g/mol. The van der Waals surface area contributed by atoms with E-state index < -0.39 is 0 Å². The molecule has 0 unspecified atom stereocenters. The van der Waals surface area contributed by atoms with Gasteiger partial charge in [-0.05, 0) is 47.8 Å². The molecular formula is C14H22BrIN2O. The smallest absolute Gasteiger partial charge is 0.266 e. The van der Waals surface area contributed by atoms with Crippen molar-refractivity contribution >= 4 is 38.5 Å². The third kappa shape index (κ3) is 4.28. The van der Waals surface area contributed by atoms with E-state index in [1.165, 1.54) is 0 Å². The van der Waals surface area contributed by atoms with Crippen molar-refractivity contribution in [1.82, 2.24) is 9.55 Å². The molecule has 0 aliphatic rings. The van der Waals surface area contributed by atoms with Gasteiger partial charge in [-0.2, -0.15) is 0 Å². The SMILES string of the molecule is CCCC(CBr)(CCC)Cn1c(C)ncc(I)c1=O. The summed E-state index contributed by atoms with van der Waals surface area (Å²) in [4.78, 5) is 16.6. The third-order valence-corrected chi connectivity index (χ3v) is 5.47. The number of nitrogens with zero attached hydrogens (tertiary/aromatic N) is 2. The normalized spacial score (nSPS) is 11.8. The molecule has 1 rings (SSSR count). The van der Waals surface area contributed by atoms with Crippen LogP contribution in [0.15, 0.2) is 11.0 Å². The van der Waals surface area contributed by atoms with Crippen LogP contribution >= 0.6 is 38.5 Å². The number of hydrogen-bond acceptors (Lipinski definition) is 2. The Morgan fingerprint density at radius 2 is 1.95 bits per heavy atom. The van der Waals surface area contributed by atoms with Crippen LogP contribution < -0.4 is 5.56 Å². The first-order chi connectivity index (χ1) is 8.99. The summed E-state index contributed by atoms with van der Waals surface area (Å²) >= 11 is 5.73. The monoisotopic (exact) mass is 440 g/mol. The number of halogens is 2. The molecule has 108 valence electrons. The van der Waals surface area contributed by atoms with Crippen LogP contribution in [0.5, 0.6) is 0 Å². The van der Waals surface area contributed by atoms with Crippen LogP contribution in [0.25, 0.3) is 0 Å². The molecule has 1 aromatic heterocycles. The molecule has 0 saturated heterocycles. The van der Waals surface area contributed by atoms with E-state index in [1.807, 2.05) is 11.5 Å². The number of alkyl halides is 1. The maximum absolute atomic E-state index is 12.3. The lowest BCUT2D eigenvalue weighted by Crippen LogP contribution is -2.36. The van der Waals surface area contributed by atoms with Gasteiger partial charge >= 0.3 is 0 Å². The topological polar surface area (TPSA) is 34.9 Å². The van der Waals surface area contributed by atoms with Gasteiger partial charge < -0.3 is 0 Å². The van der Waals surface area contributed by atoms with Gasteiger partial charge in [0, 0.05) is 18.1 Å². The van der Waals surface area contributed by atoms with E-state index in [0.717, 1.165) is 43.4 Å². The fourth-order valence-corrected chi connectivity index (χ4v) is 3.76. The summed E-state index contributed by atoms with van der Waals surface area (Å²) in [6.45, 7) is 7.08. The van der Waals surface area contributed by atoms with Gasteiger partial charge in [0.05, 0.1) is 3.57 Å². The molecule has 19 heavy (non-hydrogen) atoms. The molecule has 0 atom stereocenters. The van der Waals surface area contributed by atoms with Crippen LogP contribution in [-0.4, -0.2) is 14.9 Å². The summed E-state index contributed by atoms with van der Waals surface area (Å²) in [5.41, 5.74) is 0.245. The molecule has 0 spiro atoms. The van der Waals surface area contributed by atoms with E-state index in [0.29, 0.717) is 3.57 Å². The zero-order valence-corrected chi connectivity index (χ0v) is 15.6. The largest absolute Gasteiger partial charge is 0.295 e. The zero-order chi connectivity index (χ0) is 14.5. The maximum atomic E-state index is 12.3. The highest BCUT2D eigenvalue weighted by Crippen LogP contribution is 2.33. The van der Waals surface area contributed by atoms with Crippen molar-refractivity contribution in [2.24, 2.45) is 5.41 Å². The number of hydrogen-bond donors (Lipinski definition) is 0. The molecule has 0 bridgehead atoms. The third-order valence-electron chi connectivity index (χ3n) is 3.54. The van der Waals surface area contributed by atoms with Crippen molar-refractivity contribution in [1.29, 1.82) is 0 Å². The van der Waals surface area contributed by atoms with Gasteiger partial charge in [-0.3, -0.25) is 9.36 Å². The van der Waals surface area contributed by atoms with E-state index in [9.17, 15) is 4.79 Å². The lowest BCUT2D eigenvalue weighted by atomic mass is 9.81. The number of aryl methyl sites for hydroxylation is 1. The second kappa shape index (κ2) is 7.76. The molecule has 0 aliphatic heterocycles. The fourth-order valence-electron chi connectivity index (χ4n) is 2.59. The van der Waals surface area contributed by atoms with E-state index in [2.05, 4.69) is 57.4 Å². The molecule has 0 fully saturated rings. The Morgan fingerprint density at radius 3 is 2.42 bits per heavy atom. The van der Waals surface area contributed by atoms with Gasteiger partial charge in [-0.1, -0.05) is 42.6 Å². The van der Waals surface area contributed by atoms with Crippen LogP contribution in [-0.2, 0) is 6.54 Å². The minimum atomic E-state index is 0.0885. The van der Waals surface area contributed by atoms with Gasteiger partial charge in [0.25, 0.3) is 5.56 Å². The van der Waals surface area contributed by atoms with Gasteiger partial charge in [-0.15, -0.1) is 0 Å². The summed E-state index contributed by atoms with van der Waals surface area (Å²) < 4.78 is 2.54. The molecule has 0 saturated carbocycles. The molecule has 1 heterocycles. The van der Waals surface area contributed by atoms with Crippen molar-refractivity contribution in [2.45, 2.75) is 53.0 Å². The Hall–Kier alpha value is 0.0900. The minimum absolute atomic E-state index is 0.0885. The van der Waals surface area contributed by atoms with Gasteiger partial charge in [0.2, 0.25) is 0 Å². The number of rotatable bonds is 7. The second-order valence-corrected chi connectivity index (χ2v) is 6.90. The van der Waals surface area contributed by atoms with Gasteiger partial charge in [-0.25, -0.2) is 4.98 Å². The highest BCUT2D eigenvalue weighted by molar-refractivity contribution is 14.1. The van der Waals surface area contributed by atoms with Crippen molar-refractivity contribution < 1.29 is 0 Å². The summed E-state index contributed by atoms with van der Waals surface area (Å²) in [6, 6.07) is 0. The molecule has 3 nitrogen and oxygen atoms in total. The molecule has 0 N–H and O–H groups in total. The Bertz CT molecular complexity index is 467. The van der Waals surface area contributed by atoms with E-state index in [4.69, 9.17) is 0 Å². The Kier molecular flexibility index (Phi) is 7.00. The zero-order valence-electron chi connectivity index (χ0n) is 11.9. The van der Waals surface area contributed by atoms with Crippen LogP contribution in [0.4, 0.5) is 0 Å². The van der Waals surface area contributed by atoms with Crippen molar-refractivity contribution in [2.75, 3.05) is 5.33 Å². The van der Waals surface area contributed by atoms with Gasteiger partial charge in [0.15, 0.2) is 0 Å². The second-order valence-electron chi connectivity index (χ2n) is 5.18. The standard InChI is InChI=1S/C14H22BrIN2O/c1-4-6-14(9-15,7-5-2)10-18-11(3)17-8-12(16)13(18)19/h8H,4-7,9-10H2,1-3H3. The Labute approximate surface area is 137 Å². The predicted molar refractivity (Wildman–Crippen MR) is 92.0 cm³/mol. The van der Waals surface area contributed by atoms with Crippen LogP contribution in [0.2, 0.25) is 0 Å². The average molecular weight is 441 g/mol. The average Bonchev–Trinajstić information content (AvgIpc) is 2.39. The summed E-state index contributed by atoms with van der Waals surface area (Å²) in [5.74, 6) is 0.808. The maximum Gasteiger partial charge on any atom is 0.266 e. The highest BCUT2D eigenvalue weighted by atomic mass is 127.